The molecule has 0 aromatic rings. The van der Waals surface area contributed by atoms with Crippen LogP contribution in [0.2, 0.25) is 0 Å². The lowest BCUT2D eigenvalue weighted by molar-refractivity contribution is -0.154. The van der Waals surface area contributed by atoms with Gasteiger partial charge in [-0.2, -0.15) is 12.6 Å². The van der Waals surface area contributed by atoms with Crippen molar-refractivity contribution in [1.82, 2.24) is 5.32 Å². The molecule has 0 aliphatic carbocycles. The van der Waals surface area contributed by atoms with E-state index in [4.69, 9.17) is 20.7 Å². The summed E-state index contributed by atoms with van der Waals surface area (Å²) in [5.41, 5.74) is 5.41. The number of carbonyl (C=O) groups excluding carboxylic acids is 2. The summed E-state index contributed by atoms with van der Waals surface area (Å²) >= 11 is 3.92. The van der Waals surface area contributed by atoms with Crippen LogP contribution in [-0.4, -0.2) is 63.4 Å². The summed E-state index contributed by atoms with van der Waals surface area (Å²) in [5.74, 6) is -3.07. The fraction of sp³-hybridized carbons (Fsp3) is 0.583. The van der Waals surface area contributed by atoms with Crippen LogP contribution in [0.15, 0.2) is 12.2 Å². The lowest BCUT2D eigenvalue weighted by atomic mass is 10.2. The summed E-state index contributed by atoms with van der Waals surface area (Å²) in [6.07, 6.45) is -1.78. The predicted molar refractivity (Wildman–Crippen MR) is 78.9 cm³/mol. The molecule has 0 bridgehead atoms. The Morgan fingerprint density at radius 3 is 2.41 bits per heavy atom. The molecular formula is C12H20N2O7S. The minimum Gasteiger partial charge on any atom is -0.478 e. The van der Waals surface area contributed by atoms with E-state index in [1.807, 2.05) is 0 Å². The largest absolute Gasteiger partial charge is 0.478 e. The summed E-state index contributed by atoms with van der Waals surface area (Å²) < 4.78 is 4.95. The van der Waals surface area contributed by atoms with Gasteiger partial charge in [0.1, 0.15) is 12.1 Å². The maximum Gasteiger partial charge on any atom is 0.353 e. The average molecular weight is 336 g/mol. The predicted octanol–water partition coefficient (Wildman–Crippen LogP) is -2.00. The maximum absolute atomic E-state index is 11.6. The number of nitrogens with one attached hydrogen (secondary N) is 1. The number of hydrogen-bond donors (Lipinski definition) is 6. The van der Waals surface area contributed by atoms with Gasteiger partial charge in [-0.3, -0.25) is 9.59 Å². The van der Waals surface area contributed by atoms with Crippen LogP contribution in [0.3, 0.4) is 0 Å². The molecule has 0 aliphatic rings. The van der Waals surface area contributed by atoms with Gasteiger partial charge in [0.05, 0.1) is 12.5 Å². The van der Waals surface area contributed by atoms with E-state index in [9.17, 15) is 19.5 Å². The van der Waals surface area contributed by atoms with E-state index in [-0.39, 0.29) is 0 Å². The molecule has 126 valence electrons. The smallest absolute Gasteiger partial charge is 0.353 e. The summed E-state index contributed by atoms with van der Waals surface area (Å²) in [5, 5.41) is 28.5. The molecule has 10 heteroatoms. The molecular weight excluding hydrogens is 316 g/mol. The van der Waals surface area contributed by atoms with Gasteiger partial charge in [-0.1, -0.05) is 6.08 Å². The monoisotopic (exact) mass is 336 g/mol. The second-order valence-electron chi connectivity index (χ2n) is 4.36. The Kier molecular flexibility index (Phi) is 9.42. The minimum atomic E-state index is -2.06. The molecule has 1 amide bonds. The van der Waals surface area contributed by atoms with Crippen LogP contribution < -0.4 is 11.1 Å². The van der Waals surface area contributed by atoms with Crippen molar-refractivity contribution in [1.29, 1.82) is 0 Å². The third-order valence-corrected chi connectivity index (χ3v) is 2.64. The number of esters is 1. The van der Waals surface area contributed by atoms with Crippen molar-refractivity contribution in [3.8, 4) is 0 Å². The van der Waals surface area contributed by atoms with E-state index in [1.165, 1.54) is 19.1 Å². The standard InChI is InChI=1S/C12H20N2O7S/c1-6(15)9(13)12(20)21-7(3-2-4-22)5-8(16)14-10(17)11(18)19/h2-3,6-7,9-10,15,17,22H,4-5,13H2,1H3,(H,14,16)(H,18,19)/b3-2+. The second kappa shape index (κ2) is 10.2. The number of carboxylic acid groups (broad SMARTS) is 1. The Hall–Kier alpha value is -1.62. The number of thiol groups is 1. The van der Waals surface area contributed by atoms with Crippen LogP contribution in [-0.2, 0) is 19.1 Å². The van der Waals surface area contributed by atoms with Crippen LogP contribution in [0.1, 0.15) is 13.3 Å². The molecule has 0 saturated heterocycles. The van der Waals surface area contributed by atoms with Crippen molar-refractivity contribution in [2.24, 2.45) is 5.73 Å². The molecule has 0 rings (SSSR count). The van der Waals surface area contributed by atoms with Gasteiger partial charge in [-0.15, -0.1) is 0 Å². The molecule has 0 spiro atoms. The number of ether oxygens (including phenoxy) is 1. The highest BCUT2D eigenvalue weighted by atomic mass is 32.1. The molecule has 0 aromatic heterocycles. The number of carbonyl (C=O) groups is 3. The zero-order chi connectivity index (χ0) is 17.3. The van der Waals surface area contributed by atoms with E-state index < -0.39 is 48.7 Å². The fourth-order valence-corrected chi connectivity index (χ4v) is 1.36. The number of rotatable bonds is 9. The van der Waals surface area contributed by atoms with Gasteiger partial charge in [-0.05, 0) is 13.0 Å². The first-order valence-electron chi connectivity index (χ1n) is 6.31. The lowest BCUT2D eigenvalue weighted by Gasteiger charge is -2.19. The van der Waals surface area contributed by atoms with Crippen molar-refractivity contribution in [3.63, 3.8) is 0 Å². The summed E-state index contributed by atoms with van der Waals surface area (Å²) in [6, 6.07) is -1.28. The summed E-state index contributed by atoms with van der Waals surface area (Å²) in [7, 11) is 0. The van der Waals surface area contributed by atoms with E-state index in [2.05, 4.69) is 12.6 Å². The SMILES string of the molecule is CC(O)C(N)C(=O)OC(/C=C/CS)CC(=O)NC(O)C(=O)O. The summed E-state index contributed by atoms with van der Waals surface area (Å²) in [4.78, 5) is 33.6. The highest BCUT2D eigenvalue weighted by molar-refractivity contribution is 7.80. The molecule has 22 heavy (non-hydrogen) atoms. The third kappa shape index (κ3) is 7.98. The highest BCUT2D eigenvalue weighted by Crippen LogP contribution is 2.05. The first kappa shape index (κ1) is 20.4. The summed E-state index contributed by atoms with van der Waals surface area (Å²) in [6.45, 7) is 1.31. The third-order valence-electron chi connectivity index (χ3n) is 2.43. The molecule has 0 radical (unpaired) electrons. The van der Waals surface area contributed by atoms with Gasteiger partial charge in [0, 0.05) is 5.75 Å². The van der Waals surface area contributed by atoms with Crippen molar-refractivity contribution < 1.29 is 34.4 Å². The fourth-order valence-electron chi connectivity index (χ4n) is 1.24. The van der Waals surface area contributed by atoms with Crippen LogP contribution in [0.5, 0.6) is 0 Å². The zero-order valence-corrected chi connectivity index (χ0v) is 12.8. The number of aliphatic carboxylic acids is 1. The molecule has 6 N–H and O–H groups in total. The van der Waals surface area contributed by atoms with Crippen molar-refractivity contribution in [3.05, 3.63) is 12.2 Å². The van der Waals surface area contributed by atoms with Crippen molar-refractivity contribution in [2.45, 2.75) is 37.8 Å². The molecule has 4 atom stereocenters. The van der Waals surface area contributed by atoms with E-state index in [1.54, 1.807) is 5.32 Å². The van der Waals surface area contributed by atoms with Gasteiger partial charge in [0.15, 0.2) is 0 Å². The number of hydrogen-bond acceptors (Lipinski definition) is 8. The van der Waals surface area contributed by atoms with Gasteiger partial charge in [0.2, 0.25) is 12.1 Å². The van der Waals surface area contributed by atoms with Crippen LogP contribution in [0, 0.1) is 0 Å². The maximum atomic E-state index is 11.6. The molecule has 0 heterocycles. The van der Waals surface area contributed by atoms with Crippen molar-refractivity contribution >= 4 is 30.5 Å². The number of carboxylic acids is 1. The number of amides is 1. The molecule has 0 fully saturated rings. The van der Waals surface area contributed by atoms with E-state index >= 15 is 0 Å². The molecule has 0 aliphatic heterocycles. The molecule has 0 saturated carbocycles. The number of aliphatic hydroxyl groups is 2. The Bertz CT molecular complexity index is 428. The van der Waals surface area contributed by atoms with Crippen LogP contribution >= 0.6 is 12.6 Å². The Balaban J connectivity index is 4.71. The topological polar surface area (TPSA) is 159 Å². The second-order valence-corrected chi connectivity index (χ2v) is 4.73. The normalized spacial score (nSPS) is 16.6. The van der Waals surface area contributed by atoms with Crippen LogP contribution in [0.25, 0.3) is 0 Å². The van der Waals surface area contributed by atoms with Gasteiger partial charge in [0.25, 0.3) is 0 Å². The van der Waals surface area contributed by atoms with Gasteiger partial charge >= 0.3 is 11.9 Å². The van der Waals surface area contributed by atoms with E-state index in [0.29, 0.717) is 5.75 Å². The Labute approximate surface area is 132 Å². The molecule has 4 unspecified atom stereocenters. The lowest BCUT2D eigenvalue weighted by Crippen LogP contribution is -2.44. The minimum absolute atomic E-state index is 0.315. The number of aliphatic hydroxyl groups excluding tert-OH is 2. The zero-order valence-electron chi connectivity index (χ0n) is 11.9. The first-order valence-corrected chi connectivity index (χ1v) is 6.94. The quantitative estimate of drug-likeness (QED) is 0.122. The first-order chi connectivity index (χ1) is 10.2. The molecule has 9 nitrogen and oxygen atoms in total. The Morgan fingerprint density at radius 1 is 1.36 bits per heavy atom. The molecule has 0 aromatic carbocycles. The van der Waals surface area contributed by atoms with Gasteiger partial charge in [-0.25, -0.2) is 4.79 Å². The van der Waals surface area contributed by atoms with Crippen LogP contribution in [0.4, 0.5) is 0 Å². The number of nitrogens with two attached hydrogens (primary N) is 1. The average Bonchev–Trinajstić information content (AvgIpc) is 2.43. The van der Waals surface area contributed by atoms with E-state index in [0.717, 1.165) is 0 Å². The Morgan fingerprint density at radius 2 is 1.95 bits per heavy atom. The van der Waals surface area contributed by atoms with Crippen molar-refractivity contribution in [2.75, 3.05) is 5.75 Å². The van der Waals surface area contributed by atoms with Gasteiger partial charge < -0.3 is 31.1 Å². The highest BCUT2D eigenvalue weighted by Gasteiger charge is 2.25.